The van der Waals surface area contributed by atoms with Gasteiger partial charge in [0.2, 0.25) is 0 Å². The summed E-state index contributed by atoms with van der Waals surface area (Å²) in [4.78, 5) is 7.42. The molecule has 0 amide bonds. The van der Waals surface area contributed by atoms with Crippen molar-refractivity contribution in [1.29, 1.82) is 0 Å². The van der Waals surface area contributed by atoms with Gasteiger partial charge in [-0.3, -0.25) is 4.99 Å². The highest BCUT2D eigenvalue weighted by Crippen LogP contribution is 2.29. The molecule has 0 atom stereocenters. The zero-order valence-corrected chi connectivity index (χ0v) is 13.9. The number of alkyl halides is 3. The van der Waals surface area contributed by atoms with E-state index in [9.17, 15) is 22.0 Å². The van der Waals surface area contributed by atoms with Gasteiger partial charge in [0.1, 0.15) is 16.6 Å². The maximum absolute atomic E-state index is 13.5. The van der Waals surface area contributed by atoms with Crippen molar-refractivity contribution in [3.8, 4) is 0 Å². The molecule has 2 rings (SSSR count). The highest BCUT2D eigenvalue weighted by molar-refractivity contribution is 7.09. The molecule has 0 unspecified atom stereocenters. The number of nitrogens with one attached hydrogen (secondary N) is 2. The molecule has 0 aliphatic rings. The molecule has 0 aliphatic carbocycles. The molecule has 136 valence electrons. The van der Waals surface area contributed by atoms with Crippen LogP contribution in [0.25, 0.3) is 0 Å². The van der Waals surface area contributed by atoms with E-state index in [0.717, 1.165) is 22.8 Å². The number of guanidine groups is 1. The topological polar surface area (TPSA) is 49.3 Å². The van der Waals surface area contributed by atoms with E-state index in [-0.39, 0.29) is 11.6 Å². The van der Waals surface area contributed by atoms with E-state index >= 15 is 0 Å². The van der Waals surface area contributed by atoms with E-state index in [1.54, 1.807) is 0 Å². The number of rotatable bonds is 5. The van der Waals surface area contributed by atoms with Gasteiger partial charge in [-0.15, -0.1) is 11.3 Å². The zero-order valence-electron chi connectivity index (χ0n) is 13.1. The van der Waals surface area contributed by atoms with Gasteiger partial charge in [-0.1, -0.05) is 6.07 Å². The molecule has 25 heavy (non-hydrogen) atoms. The van der Waals surface area contributed by atoms with Gasteiger partial charge >= 0.3 is 6.18 Å². The van der Waals surface area contributed by atoms with Gasteiger partial charge in [-0.25, -0.2) is 13.8 Å². The zero-order chi connectivity index (χ0) is 18.4. The molecule has 0 radical (unpaired) electrons. The average molecular weight is 378 g/mol. The lowest BCUT2D eigenvalue weighted by Crippen LogP contribution is -2.37. The van der Waals surface area contributed by atoms with Crippen LogP contribution in [0, 0.1) is 11.6 Å². The van der Waals surface area contributed by atoms with Crippen molar-refractivity contribution >= 4 is 17.3 Å². The number of nitrogens with zero attached hydrogens (tertiary/aromatic N) is 2. The van der Waals surface area contributed by atoms with Crippen LogP contribution in [0.1, 0.15) is 16.3 Å². The fraction of sp³-hybridized carbons (Fsp3) is 0.333. The average Bonchev–Trinajstić information content (AvgIpc) is 3.01. The van der Waals surface area contributed by atoms with Gasteiger partial charge in [0, 0.05) is 25.0 Å². The van der Waals surface area contributed by atoms with Gasteiger partial charge in [-0.05, 0) is 18.1 Å². The lowest BCUT2D eigenvalue weighted by molar-refractivity contribution is -0.140. The van der Waals surface area contributed by atoms with E-state index < -0.39 is 23.5 Å². The Kier molecular flexibility index (Phi) is 6.29. The molecule has 0 saturated carbocycles. The van der Waals surface area contributed by atoms with Crippen molar-refractivity contribution in [2.75, 3.05) is 13.6 Å². The number of hydrogen-bond donors (Lipinski definition) is 2. The van der Waals surface area contributed by atoms with Crippen LogP contribution in [0.15, 0.2) is 28.6 Å². The summed E-state index contributed by atoms with van der Waals surface area (Å²) in [6.45, 7) is 0.388. The minimum absolute atomic E-state index is 0.0747. The number of hydrogen-bond acceptors (Lipinski definition) is 3. The Morgan fingerprint density at radius 3 is 2.60 bits per heavy atom. The third-order valence-electron chi connectivity index (χ3n) is 3.17. The summed E-state index contributed by atoms with van der Waals surface area (Å²) in [5.74, 6) is -0.938. The Hall–Kier alpha value is -2.23. The van der Waals surface area contributed by atoms with Gasteiger partial charge < -0.3 is 10.6 Å². The van der Waals surface area contributed by atoms with E-state index in [1.807, 2.05) is 0 Å². The first-order valence-corrected chi connectivity index (χ1v) is 8.07. The Labute approximate surface area is 144 Å². The van der Waals surface area contributed by atoms with Crippen LogP contribution in [-0.4, -0.2) is 24.5 Å². The minimum Gasteiger partial charge on any atom is -0.356 e. The van der Waals surface area contributed by atoms with Crippen LogP contribution in [-0.2, 0) is 19.1 Å². The van der Waals surface area contributed by atoms with Gasteiger partial charge in [0.05, 0.1) is 6.54 Å². The molecular formula is C15H15F5N4S. The molecule has 0 spiro atoms. The van der Waals surface area contributed by atoms with Crippen LogP contribution in [0.4, 0.5) is 22.0 Å². The first kappa shape index (κ1) is 19.1. The predicted molar refractivity (Wildman–Crippen MR) is 85.4 cm³/mol. The fourth-order valence-corrected chi connectivity index (χ4v) is 2.68. The quantitative estimate of drug-likeness (QED) is 0.477. The molecule has 10 heteroatoms. The second-order valence-corrected chi connectivity index (χ2v) is 5.91. The number of aliphatic imine (C=N–C) groups is 1. The molecule has 2 N–H and O–H groups in total. The second-order valence-electron chi connectivity index (χ2n) is 4.96. The largest absolute Gasteiger partial charge is 0.434 e. The number of thiazole rings is 1. The molecule has 0 fully saturated rings. The van der Waals surface area contributed by atoms with Gasteiger partial charge in [-0.2, -0.15) is 13.2 Å². The van der Waals surface area contributed by atoms with Crippen molar-refractivity contribution < 1.29 is 22.0 Å². The third kappa shape index (κ3) is 5.66. The maximum Gasteiger partial charge on any atom is 0.434 e. The monoisotopic (exact) mass is 378 g/mol. The highest BCUT2D eigenvalue weighted by atomic mass is 32.1. The number of halogens is 5. The summed E-state index contributed by atoms with van der Waals surface area (Å²) in [6.07, 6.45) is -4.17. The molecule has 2 aromatic rings. The van der Waals surface area contributed by atoms with Gasteiger partial charge in [0.25, 0.3) is 0 Å². The molecule has 1 aromatic heterocycles. The molecular weight excluding hydrogens is 363 g/mol. The highest BCUT2D eigenvalue weighted by Gasteiger charge is 2.33. The standard InChI is InChI=1S/C15H15F5N4S/c1-21-14(22-5-4-9-2-3-10(16)6-11(9)17)23-7-13-24-12(8-25-13)15(18,19)20/h2-3,6,8H,4-5,7H2,1H3,(H2,21,22,23). The summed E-state index contributed by atoms with van der Waals surface area (Å²) in [6, 6.07) is 3.34. The Morgan fingerprint density at radius 1 is 1.24 bits per heavy atom. The van der Waals surface area contributed by atoms with Crippen molar-refractivity contribution in [2.24, 2.45) is 4.99 Å². The van der Waals surface area contributed by atoms with Crippen LogP contribution < -0.4 is 10.6 Å². The van der Waals surface area contributed by atoms with E-state index in [0.29, 0.717) is 24.5 Å². The van der Waals surface area contributed by atoms with E-state index in [4.69, 9.17) is 0 Å². The molecule has 1 heterocycles. The first-order chi connectivity index (χ1) is 11.8. The van der Waals surface area contributed by atoms with Crippen molar-refractivity contribution in [3.05, 3.63) is 51.5 Å². The van der Waals surface area contributed by atoms with Crippen LogP contribution in [0.3, 0.4) is 0 Å². The van der Waals surface area contributed by atoms with Crippen molar-refractivity contribution in [3.63, 3.8) is 0 Å². The molecule has 0 bridgehead atoms. The Morgan fingerprint density at radius 2 is 2.00 bits per heavy atom. The summed E-state index contributed by atoms with van der Waals surface area (Å²) < 4.78 is 63.8. The number of benzene rings is 1. The smallest absolute Gasteiger partial charge is 0.356 e. The first-order valence-electron chi connectivity index (χ1n) is 7.19. The van der Waals surface area contributed by atoms with Crippen LogP contribution in [0.2, 0.25) is 0 Å². The third-order valence-corrected chi connectivity index (χ3v) is 4.02. The molecule has 0 saturated heterocycles. The van der Waals surface area contributed by atoms with Crippen LogP contribution >= 0.6 is 11.3 Å². The van der Waals surface area contributed by atoms with Crippen LogP contribution in [0.5, 0.6) is 0 Å². The SMILES string of the molecule is CN=C(NCCc1ccc(F)cc1F)NCc1nc(C(F)(F)F)cs1. The summed E-state index contributed by atoms with van der Waals surface area (Å²) in [7, 11) is 1.50. The Balaban J connectivity index is 1.82. The fourth-order valence-electron chi connectivity index (χ4n) is 1.94. The molecule has 1 aromatic carbocycles. The lowest BCUT2D eigenvalue weighted by atomic mass is 10.1. The van der Waals surface area contributed by atoms with Crippen molar-refractivity contribution in [1.82, 2.24) is 15.6 Å². The lowest BCUT2D eigenvalue weighted by Gasteiger charge is -2.11. The summed E-state index contributed by atoms with van der Waals surface area (Å²) in [5, 5.41) is 6.94. The van der Waals surface area contributed by atoms with E-state index in [1.165, 1.54) is 19.2 Å². The van der Waals surface area contributed by atoms with Gasteiger partial charge in [0.15, 0.2) is 11.7 Å². The Bertz CT molecular complexity index is 742. The predicted octanol–water partition coefficient (Wildman–Crippen LogP) is 3.35. The molecule has 4 nitrogen and oxygen atoms in total. The maximum atomic E-state index is 13.5. The summed E-state index contributed by atoms with van der Waals surface area (Å²) in [5.41, 5.74) is -0.580. The second kappa shape index (κ2) is 8.24. The summed E-state index contributed by atoms with van der Waals surface area (Å²) >= 11 is 0.891. The normalized spacial score (nSPS) is 12.3. The minimum atomic E-state index is -4.46. The molecule has 0 aliphatic heterocycles. The van der Waals surface area contributed by atoms with E-state index in [2.05, 4.69) is 20.6 Å². The number of aromatic nitrogens is 1. The van der Waals surface area contributed by atoms with Crippen molar-refractivity contribution in [2.45, 2.75) is 19.1 Å².